The van der Waals surface area contributed by atoms with E-state index >= 15 is 0 Å². The highest BCUT2D eigenvalue weighted by atomic mass is 32.2. The second-order valence-corrected chi connectivity index (χ2v) is 7.25. The summed E-state index contributed by atoms with van der Waals surface area (Å²) in [7, 11) is 0. The largest absolute Gasteiger partial charge is 0.309 e. The van der Waals surface area contributed by atoms with E-state index in [0.717, 1.165) is 23.1 Å². The number of aromatic nitrogens is 4. The summed E-state index contributed by atoms with van der Waals surface area (Å²) in [5.41, 5.74) is 1.22. The Morgan fingerprint density at radius 3 is 2.91 bits per heavy atom. The first-order chi connectivity index (χ1) is 10.8. The minimum atomic E-state index is -0.00557. The molecule has 4 rings (SSSR count). The number of nitrogens with one attached hydrogen (secondary N) is 1. The Bertz CT molecular complexity index is 872. The van der Waals surface area contributed by atoms with Crippen LogP contribution in [0.25, 0.3) is 10.2 Å². The van der Waals surface area contributed by atoms with Gasteiger partial charge in [0.1, 0.15) is 10.7 Å². The molecule has 1 aliphatic rings. The number of hydrogen-bond acceptors (Lipinski definition) is 6. The van der Waals surface area contributed by atoms with E-state index in [0.29, 0.717) is 16.7 Å². The van der Waals surface area contributed by atoms with E-state index in [2.05, 4.69) is 19.9 Å². The average molecular weight is 330 g/mol. The summed E-state index contributed by atoms with van der Waals surface area (Å²) in [6.07, 6.45) is 7.89. The maximum Gasteiger partial charge on any atom is 0.259 e. The van der Waals surface area contributed by atoms with Gasteiger partial charge in [-0.05, 0) is 37.3 Å². The topological polar surface area (TPSA) is 71.5 Å². The average Bonchev–Trinajstić information content (AvgIpc) is 2.92. The molecule has 3 aromatic heterocycles. The molecule has 7 heteroatoms. The first-order valence-corrected chi connectivity index (χ1v) is 9.05. The van der Waals surface area contributed by atoms with Crippen LogP contribution < -0.4 is 5.56 Å². The molecule has 3 heterocycles. The third kappa shape index (κ3) is 2.55. The third-order valence-electron chi connectivity index (χ3n) is 3.75. The van der Waals surface area contributed by atoms with Gasteiger partial charge in [-0.15, -0.1) is 11.3 Å². The highest BCUT2D eigenvalue weighted by Gasteiger charge is 2.19. The Morgan fingerprint density at radius 2 is 2.05 bits per heavy atom. The summed E-state index contributed by atoms with van der Waals surface area (Å²) in [5.74, 6) is 1.26. The van der Waals surface area contributed by atoms with Crippen molar-refractivity contribution < 1.29 is 0 Å². The molecule has 1 aliphatic carbocycles. The van der Waals surface area contributed by atoms with Crippen LogP contribution in [0.5, 0.6) is 0 Å². The molecule has 1 N–H and O–H groups in total. The molecule has 112 valence electrons. The molecule has 0 saturated carbocycles. The van der Waals surface area contributed by atoms with Gasteiger partial charge in [0.15, 0.2) is 5.16 Å². The number of aromatic amines is 1. The number of nitrogens with zero attached hydrogens (tertiary/aromatic N) is 3. The monoisotopic (exact) mass is 330 g/mol. The van der Waals surface area contributed by atoms with Gasteiger partial charge in [0.2, 0.25) is 0 Å². The fourth-order valence-corrected chi connectivity index (χ4v) is 4.72. The molecular weight excluding hydrogens is 316 g/mol. The van der Waals surface area contributed by atoms with Crippen LogP contribution in [0.2, 0.25) is 0 Å². The predicted molar refractivity (Wildman–Crippen MR) is 88.5 cm³/mol. The number of rotatable bonds is 3. The second kappa shape index (κ2) is 5.81. The number of fused-ring (bicyclic) bond motifs is 3. The molecule has 0 amide bonds. The predicted octanol–water partition coefficient (Wildman–Crippen LogP) is 2.95. The zero-order valence-electron chi connectivity index (χ0n) is 11.8. The van der Waals surface area contributed by atoms with E-state index in [9.17, 15) is 4.79 Å². The minimum absolute atomic E-state index is 0.00557. The smallest absolute Gasteiger partial charge is 0.259 e. The van der Waals surface area contributed by atoms with Crippen LogP contribution >= 0.6 is 23.1 Å². The zero-order valence-corrected chi connectivity index (χ0v) is 13.5. The molecule has 0 radical (unpaired) electrons. The van der Waals surface area contributed by atoms with E-state index in [1.54, 1.807) is 29.8 Å². The molecular formula is C15H14N4OS2. The summed E-state index contributed by atoms with van der Waals surface area (Å²) in [5, 5.41) is 1.50. The van der Waals surface area contributed by atoms with E-state index in [4.69, 9.17) is 0 Å². The molecule has 0 aliphatic heterocycles. The van der Waals surface area contributed by atoms with Gasteiger partial charge in [-0.1, -0.05) is 11.8 Å². The van der Waals surface area contributed by atoms with Crippen LogP contribution in [0.15, 0.2) is 28.4 Å². The Balaban J connectivity index is 1.67. The van der Waals surface area contributed by atoms with E-state index in [1.165, 1.54) is 35.0 Å². The van der Waals surface area contributed by atoms with Crippen LogP contribution in [-0.4, -0.2) is 19.9 Å². The van der Waals surface area contributed by atoms with Gasteiger partial charge >= 0.3 is 0 Å². The summed E-state index contributed by atoms with van der Waals surface area (Å²) in [4.78, 5) is 30.5. The maximum atomic E-state index is 12.4. The molecule has 22 heavy (non-hydrogen) atoms. The SMILES string of the molecule is O=c1[nH]c(CSc2ncccn2)nc2sc3c(c12)CCCC3. The molecule has 0 unspecified atom stereocenters. The van der Waals surface area contributed by atoms with Crippen molar-refractivity contribution in [1.29, 1.82) is 0 Å². The molecule has 3 aromatic rings. The quantitative estimate of drug-likeness (QED) is 0.590. The molecule has 0 fully saturated rings. The lowest BCUT2D eigenvalue weighted by Crippen LogP contribution is -2.12. The number of H-pyrrole nitrogens is 1. The van der Waals surface area contributed by atoms with Crippen LogP contribution in [0.1, 0.15) is 29.1 Å². The molecule has 0 saturated heterocycles. The minimum Gasteiger partial charge on any atom is -0.309 e. The van der Waals surface area contributed by atoms with Crippen molar-refractivity contribution in [1.82, 2.24) is 19.9 Å². The molecule has 0 bridgehead atoms. The van der Waals surface area contributed by atoms with Gasteiger partial charge in [-0.25, -0.2) is 15.0 Å². The van der Waals surface area contributed by atoms with Crippen molar-refractivity contribution in [2.75, 3.05) is 0 Å². The number of thioether (sulfide) groups is 1. The maximum absolute atomic E-state index is 12.4. The Kier molecular flexibility index (Phi) is 3.67. The molecule has 5 nitrogen and oxygen atoms in total. The van der Waals surface area contributed by atoms with Gasteiger partial charge < -0.3 is 4.98 Å². The van der Waals surface area contributed by atoms with Gasteiger partial charge in [0.05, 0.1) is 11.1 Å². The van der Waals surface area contributed by atoms with Crippen LogP contribution in [0, 0.1) is 0 Å². The first kappa shape index (κ1) is 13.9. The van der Waals surface area contributed by atoms with E-state index < -0.39 is 0 Å². The highest BCUT2D eigenvalue weighted by Crippen LogP contribution is 2.33. The van der Waals surface area contributed by atoms with Gasteiger partial charge in [-0.3, -0.25) is 4.79 Å². The summed E-state index contributed by atoms with van der Waals surface area (Å²) < 4.78 is 0. The van der Waals surface area contributed by atoms with Crippen LogP contribution in [0.4, 0.5) is 0 Å². The van der Waals surface area contributed by atoms with E-state index in [-0.39, 0.29) is 5.56 Å². The third-order valence-corrected chi connectivity index (χ3v) is 5.83. The number of hydrogen-bond donors (Lipinski definition) is 1. The van der Waals surface area contributed by atoms with Crippen molar-refractivity contribution in [3.05, 3.63) is 45.1 Å². The second-order valence-electron chi connectivity index (χ2n) is 5.22. The number of aryl methyl sites for hydroxylation is 2. The van der Waals surface area contributed by atoms with Gasteiger partial charge in [0, 0.05) is 17.3 Å². The Labute approximate surface area is 135 Å². The van der Waals surface area contributed by atoms with Crippen LogP contribution in [0.3, 0.4) is 0 Å². The summed E-state index contributed by atoms with van der Waals surface area (Å²) in [6, 6.07) is 1.78. The lowest BCUT2D eigenvalue weighted by molar-refractivity contribution is 0.700. The van der Waals surface area contributed by atoms with Gasteiger partial charge in [0.25, 0.3) is 5.56 Å². The zero-order chi connectivity index (χ0) is 14.9. The fraction of sp³-hybridized carbons (Fsp3) is 0.333. The fourth-order valence-electron chi connectivity index (χ4n) is 2.77. The van der Waals surface area contributed by atoms with E-state index in [1.807, 2.05) is 0 Å². The van der Waals surface area contributed by atoms with Crippen molar-refractivity contribution in [2.24, 2.45) is 0 Å². The molecule has 0 spiro atoms. The standard InChI is InChI=1S/C15H14N4OS2/c20-13-12-9-4-1-2-5-10(9)22-14(12)19-11(18-13)8-21-15-16-6-3-7-17-15/h3,6-7H,1-2,4-5,8H2,(H,18,19,20). The van der Waals surface area contributed by atoms with Gasteiger partial charge in [-0.2, -0.15) is 0 Å². The highest BCUT2D eigenvalue weighted by molar-refractivity contribution is 7.98. The molecule has 0 aromatic carbocycles. The Morgan fingerprint density at radius 1 is 1.23 bits per heavy atom. The first-order valence-electron chi connectivity index (χ1n) is 7.24. The number of thiophene rings is 1. The van der Waals surface area contributed by atoms with Crippen LogP contribution in [-0.2, 0) is 18.6 Å². The Hall–Kier alpha value is -1.73. The van der Waals surface area contributed by atoms with Crippen molar-refractivity contribution in [3.63, 3.8) is 0 Å². The summed E-state index contributed by atoms with van der Waals surface area (Å²) in [6.45, 7) is 0. The lowest BCUT2D eigenvalue weighted by Gasteiger charge is -2.09. The lowest BCUT2D eigenvalue weighted by atomic mass is 9.97. The van der Waals surface area contributed by atoms with Crippen molar-refractivity contribution >= 4 is 33.3 Å². The van der Waals surface area contributed by atoms with Crippen molar-refractivity contribution in [2.45, 2.75) is 36.6 Å². The van der Waals surface area contributed by atoms with Crippen molar-refractivity contribution in [3.8, 4) is 0 Å². The normalized spacial score (nSPS) is 14.2. The molecule has 0 atom stereocenters. The summed E-state index contributed by atoms with van der Waals surface area (Å²) >= 11 is 3.15.